The Balaban J connectivity index is 1.70. The molecule has 3 rings (SSSR count). The molecule has 2 N–H and O–H groups in total. The van der Waals surface area contributed by atoms with Crippen LogP contribution in [0.5, 0.6) is 5.75 Å². The lowest BCUT2D eigenvalue weighted by Gasteiger charge is -2.11. The smallest absolute Gasteiger partial charge is 0.255 e. The summed E-state index contributed by atoms with van der Waals surface area (Å²) in [5.41, 5.74) is 1.55. The van der Waals surface area contributed by atoms with Crippen molar-refractivity contribution in [1.82, 2.24) is 5.32 Å². The van der Waals surface area contributed by atoms with Crippen LogP contribution in [0.3, 0.4) is 0 Å². The molecular formula is C22H19FN2O3. The second-order valence-electron chi connectivity index (χ2n) is 6.01. The number of methoxy groups -OCH3 is 1. The van der Waals surface area contributed by atoms with E-state index in [4.69, 9.17) is 4.74 Å². The molecule has 28 heavy (non-hydrogen) atoms. The number of hydrogen-bond donors (Lipinski definition) is 2. The lowest BCUT2D eigenvalue weighted by Crippen LogP contribution is -2.24. The third kappa shape index (κ3) is 4.54. The van der Waals surface area contributed by atoms with Gasteiger partial charge in [0.05, 0.1) is 12.8 Å². The van der Waals surface area contributed by atoms with E-state index in [9.17, 15) is 14.0 Å². The molecule has 0 unspecified atom stereocenters. The number of hydrogen-bond acceptors (Lipinski definition) is 3. The van der Waals surface area contributed by atoms with Gasteiger partial charge >= 0.3 is 0 Å². The largest absolute Gasteiger partial charge is 0.495 e. The van der Waals surface area contributed by atoms with Crippen molar-refractivity contribution in [3.63, 3.8) is 0 Å². The predicted octanol–water partition coefficient (Wildman–Crippen LogP) is 4.02. The molecule has 3 aromatic rings. The quantitative estimate of drug-likeness (QED) is 0.681. The molecule has 6 heteroatoms. The van der Waals surface area contributed by atoms with Crippen LogP contribution in [0.1, 0.15) is 26.3 Å². The molecule has 0 atom stereocenters. The normalized spacial score (nSPS) is 10.2. The molecule has 0 bridgehead atoms. The van der Waals surface area contributed by atoms with Crippen molar-refractivity contribution >= 4 is 17.5 Å². The monoisotopic (exact) mass is 378 g/mol. The van der Waals surface area contributed by atoms with Gasteiger partial charge in [0.1, 0.15) is 11.6 Å². The molecule has 0 radical (unpaired) electrons. The number of amides is 2. The van der Waals surface area contributed by atoms with E-state index in [1.807, 2.05) is 0 Å². The van der Waals surface area contributed by atoms with Gasteiger partial charge in [0, 0.05) is 23.2 Å². The maximum atomic E-state index is 13.7. The van der Waals surface area contributed by atoms with E-state index in [0.717, 1.165) is 0 Å². The number of benzene rings is 3. The van der Waals surface area contributed by atoms with E-state index in [2.05, 4.69) is 10.6 Å². The highest BCUT2D eigenvalue weighted by atomic mass is 19.1. The summed E-state index contributed by atoms with van der Waals surface area (Å²) in [6, 6.07) is 19.6. The van der Waals surface area contributed by atoms with Crippen LogP contribution in [-0.2, 0) is 6.54 Å². The predicted molar refractivity (Wildman–Crippen MR) is 105 cm³/mol. The van der Waals surface area contributed by atoms with E-state index in [-0.39, 0.29) is 18.3 Å². The summed E-state index contributed by atoms with van der Waals surface area (Å²) in [5, 5.41) is 5.42. The summed E-state index contributed by atoms with van der Waals surface area (Å²) in [4.78, 5) is 24.9. The molecule has 142 valence electrons. The first-order valence-corrected chi connectivity index (χ1v) is 8.64. The Morgan fingerprint density at radius 2 is 1.57 bits per heavy atom. The fourth-order valence-corrected chi connectivity index (χ4v) is 2.66. The number of ether oxygens (including phenoxy) is 1. The topological polar surface area (TPSA) is 67.4 Å². The maximum absolute atomic E-state index is 13.7. The van der Waals surface area contributed by atoms with E-state index >= 15 is 0 Å². The van der Waals surface area contributed by atoms with Crippen LogP contribution in [0.2, 0.25) is 0 Å². The molecule has 0 aliphatic rings. The van der Waals surface area contributed by atoms with Crippen molar-refractivity contribution in [3.05, 3.63) is 95.3 Å². The number of carbonyl (C=O) groups is 2. The Labute approximate surface area is 162 Å². The lowest BCUT2D eigenvalue weighted by molar-refractivity contribution is 0.0950. The highest BCUT2D eigenvalue weighted by Gasteiger charge is 2.13. The summed E-state index contributed by atoms with van der Waals surface area (Å²) in [6.45, 7) is 0.0587. The summed E-state index contributed by atoms with van der Waals surface area (Å²) in [5.74, 6) is -0.606. The molecular weight excluding hydrogens is 359 g/mol. The SMILES string of the molecule is COc1ccccc1NC(=O)c1cccc(C(=O)NCc2ccccc2F)c1. The number of nitrogens with one attached hydrogen (secondary N) is 2. The van der Waals surface area contributed by atoms with Gasteiger partial charge in [-0.05, 0) is 36.4 Å². The molecule has 0 saturated heterocycles. The van der Waals surface area contributed by atoms with Gasteiger partial charge in [-0.3, -0.25) is 9.59 Å². The Morgan fingerprint density at radius 3 is 2.32 bits per heavy atom. The number of para-hydroxylation sites is 2. The van der Waals surface area contributed by atoms with Gasteiger partial charge in [-0.25, -0.2) is 4.39 Å². The van der Waals surface area contributed by atoms with Crippen LogP contribution in [0, 0.1) is 5.82 Å². The standard InChI is InChI=1S/C22H19FN2O3/c1-28-20-12-5-4-11-19(20)25-22(27)16-9-6-8-15(13-16)21(26)24-14-17-7-2-3-10-18(17)23/h2-13H,14H2,1H3,(H,24,26)(H,25,27). The Kier molecular flexibility index (Phi) is 6.01. The molecule has 0 aliphatic carbocycles. The van der Waals surface area contributed by atoms with Gasteiger partial charge in [0.25, 0.3) is 11.8 Å². The molecule has 2 amide bonds. The molecule has 3 aromatic carbocycles. The summed E-state index contributed by atoms with van der Waals surface area (Å²) in [7, 11) is 1.52. The van der Waals surface area contributed by atoms with E-state index < -0.39 is 5.91 Å². The summed E-state index contributed by atoms with van der Waals surface area (Å²) in [6.07, 6.45) is 0. The highest BCUT2D eigenvalue weighted by Crippen LogP contribution is 2.23. The first-order valence-electron chi connectivity index (χ1n) is 8.64. The first kappa shape index (κ1) is 19.1. The van der Waals surface area contributed by atoms with Crippen molar-refractivity contribution in [2.45, 2.75) is 6.54 Å². The number of halogens is 1. The van der Waals surface area contributed by atoms with E-state index in [1.54, 1.807) is 60.7 Å². The molecule has 0 fully saturated rings. The average molecular weight is 378 g/mol. The average Bonchev–Trinajstić information content (AvgIpc) is 2.73. The van der Waals surface area contributed by atoms with Crippen LogP contribution in [0.25, 0.3) is 0 Å². The number of carbonyl (C=O) groups excluding carboxylic acids is 2. The van der Waals surface area contributed by atoms with E-state index in [0.29, 0.717) is 28.1 Å². The fourth-order valence-electron chi connectivity index (χ4n) is 2.66. The zero-order valence-corrected chi connectivity index (χ0v) is 15.2. The number of anilines is 1. The minimum atomic E-state index is -0.393. The maximum Gasteiger partial charge on any atom is 0.255 e. The zero-order chi connectivity index (χ0) is 19.9. The van der Waals surface area contributed by atoms with E-state index in [1.165, 1.54) is 19.2 Å². The molecule has 0 heterocycles. The summed E-state index contributed by atoms with van der Waals surface area (Å²) >= 11 is 0. The Hall–Kier alpha value is -3.67. The fraction of sp³-hybridized carbons (Fsp3) is 0.0909. The van der Waals surface area contributed by atoms with Gasteiger partial charge in [-0.1, -0.05) is 36.4 Å². The second-order valence-corrected chi connectivity index (χ2v) is 6.01. The minimum Gasteiger partial charge on any atom is -0.495 e. The van der Waals surface area contributed by atoms with Crippen molar-refractivity contribution < 1.29 is 18.7 Å². The lowest BCUT2D eigenvalue weighted by atomic mass is 10.1. The van der Waals surface area contributed by atoms with Crippen LogP contribution >= 0.6 is 0 Å². The second kappa shape index (κ2) is 8.81. The van der Waals surface area contributed by atoms with Gasteiger partial charge in [-0.15, -0.1) is 0 Å². The van der Waals surface area contributed by atoms with Crippen molar-refractivity contribution in [1.29, 1.82) is 0 Å². The molecule has 0 aromatic heterocycles. The minimum absolute atomic E-state index is 0.0587. The summed E-state index contributed by atoms with van der Waals surface area (Å²) < 4.78 is 18.9. The van der Waals surface area contributed by atoms with Crippen molar-refractivity contribution in [2.24, 2.45) is 0 Å². The zero-order valence-electron chi connectivity index (χ0n) is 15.2. The van der Waals surface area contributed by atoms with Crippen LogP contribution < -0.4 is 15.4 Å². The Morgan fingerprint density at radius 1 is 0.893 bits per heavy atom. The van der Waals surface area contributed by atoms with Crippen molar-refractivity contribution in [2.75, 3.05) is 12.4 Å². The van der Waals surface area contributed by atoms with Gasteiger partial charge in [-0.2, -0.15) is 0 Å². The Bertz CT molecular complexity index is 1000. The van der Waals surface area contributed by atoms with Crippen molar-refractivity contribution in [3.8, 4) is 5.75 Å². The highest BCUT2D eigenvalue weighted by molar-refractivity contribution is 6.06. The first-order chi connectivity index (χ1) is 13.6. The third-order valence-electron chi connectivity index (χ3n) is 4.14. The number of rotatable bonds is 6. The van der Waals surface area contributed by atoms with Crippen LogP contribution in [0.4, 0.5) is 10.1 Å². The molecule has 0 aliphatic heterocycles. The molecule has 5 nitrogen and oxygen atoms in total. The van der Waals surface area contributed by atoms with Crippen LogP contribution in [-0.4, -0.2) is 18.9 Å². The molecule has 0 spiro atoms. The third-order valence-corrected chi connectivity index (χ3v) is 4.14. The van der Waals surface area contributed by atoms with Crippen LogP contribution in [0.15, 0.2) is 72.8 Å². The van der Waals surface area contributed by atoms with Gasteiger partial charge in [0.15, 0.2) is 0 Å². The molecule has 0 saturated carbocycles. The van der Waals surface area contributed by atoms with Gasteiger partial charge < -0.3 is 15.4 Å². The van der Waals surface area contributed by atoms with Gasteiger partial charge in [0.2, 0.25) is 0 Å².